The minimum absolute atomic E-state index is 0.242. The number of nitrogens with zero attached hydrogens (tertiary/aromatic N) is 5. The van der Waals surface area contributed by atoms with Gasteiger partial charge >= 0.3 is 0 Å². The Labute approximate surface area is 430 Å². The van der Waals surface area contributed by atoms with Crippen molar-refractivity contribution in [1.29, 1.82) is 0 Å². The van der Waals surface area contributed by atoms with E-state index >= 15 is 0 Å². The Bertz CT molecular complexity index is 1050. The van der Waals surface area contributed by atoms with E-state index in [0.29, 0.717) is 32.7 Å². The molecule has 0 rings (SSSR count). The number of hydrogen-bond acceptors (Lipinski definition) is 20. The Morgan fingerprint density at radius 2 is 0.829 bits per heavy atom. The lowest BCUT2D eigenvalue weighted by Gasteiger charge is -2.26. The highest BCUT2D eigenvalue weighted by Gasteiger charge is 2.10. The number of nitrogens with two attached hydrogens (primary N) is 4. The first kappa shape index (κ1) is 68.9. The summed E-state index contributed by atoms with van der Waals surface area (Å²) in [5, 5.41) is 45.7. The van der Waals surface area contributed by atoms with Crippen LogP contribution in [0.25, 0.3) is 0 Å². The van der Waals surface area contributed by atoms with E-state index in [1.54, 1.807) is 5.57 Å². The smallest absolute Gasteiger partial charge is 0.0664 e. The van der Waals surface area contributed by atoms with Crippen LogP contribution < -0.4 is 76.1 Å². The van der Waals surface area contributed by atoms with Gasteiger partial charge in [-0.05, 0) is 72.9 Å². The number of likely N-dealkylation sites (N-methyl/N-ethyl adjacent to an activating group) is 2. The molecule has 0 amide bonds. The first-order chi connectivity index (χ1) is 34.4. The fraction of sp³-hybridized carbons (Fsp3) is 0.960. The molecular weight excluding hydrogens is 883 g/mol. The van der Waals surface area contributed by atoms with Crippen LogP contribution in [-0.2, 0) is 0 Å². The number of nitrogens with one attached hydrogen (secondary N) is 10. The molecule has 0 spiro atoms. The van der Waals surface area contributed by atoms with E-state index in [2.05, 4.69) is 97.7 Å². The molecule has 1 atom stereocenters. The Morgan fingerprint density at radius 1 is 0.429 bits per heavy atom. The summed E-state index contributed by atoms with van der Waals surface area (Å²) < 4.78 is 0. The maximum absolute atomic E-state index is 10.1. The lowest BCUT2D eigenvalue weighted by molar-refractivity contribution is 0.157. The average Bonchev–Trinajstić information content (AvgIpc) is 3.35. The third-order valence-electron chi connectivity index (χ3n) is 12.6. The molecule has 0 aliphatic carbocycles. The summed E-state index contributed by atoms with van der Waals surface area (Å²) >= 11 is 0. The Morgan fingerprint density at radius 3 is 1.27 bits per heavy atom. The number of aliphatic hydroxyl groups is 1. The van der Waals surface area contributed by atoms with Crippen molar-refractivity contribution >= 4 is 0 Å². The van der Waals surface area contributed by atoms with Crippen molar-refractivity contribution in [2.75, 3.05) is 257 Å². The van der Waals surface area contributed by atoms with Gasteiger partial charge in [0.25, 0.3) is 0 Å². The molecule has 0 aromatic carbocycles. The Kier molecular flexibility index (Phi) is 54.8. The maximum Gasteiger partial charge on any atom is 0.0664 e. The van der Waals surface area contributed by atoms with Crippen LogP contribution >= 0.6 is 0 Å². The van der Waals surface area contributed by atoms with E-state index in [4.69, 9.17) is 22.9 Å². The molecule has 70 heavy (non-hydrogen) atoms. The van der Waals surface area contributed by atoms with Crippen LogP contribution in [0.2, 0.25) is 0 Å². The molecule has 0 aromatic rings. The molecule has 420 valence electrons. The van der Waals surface area contributed by atoms with Crippen LogP contribution in [0.5, 0.6) is 0 Å². The quantitative estimate of drug-likeness (QED) is 0.0206. The van der Waals surface area contributed by atoms with Crippen molar-refractivity contribution in [2.24, 2.45) is 22.9 Å². The zero-order chi connectivity index (χ0) is 51.2. The molecule has 0 aliphatic rings. The lowest BCUT2D eigenvalue weighted by Crippen LogP contribution is -2.45. The fourth-order valence-corrected chi connectivity index (χ4v) is 8.13. The van der Waals surface area contributed by atoms with Crippen molar-refractivity contribution in [1.82, 2.24) is 77.7 Å². The zero-order valence-electron chi connectivity index (χ0n) is 46.1. The van der Waals surface area contributed by atoms with Crippen LogP contribution in [0, 0.1) is 0 Å². The second kappa shape index (κ2) is 55.7. The van der Waals surface area contributed by atoms with Crippen molar-refractivity contribution in [2.45, 2.75) is 58.0 Å². The number of aliphatic hydroxyl groups excluding tert-OH is 1. The molecule has 1 unspecified atom stereocenters. The second-order valence-electron chi connectivity index (χ2n) is 18.8. The van der Waals surface area contributed by atoms with E-state index in [-0.39, 0.29) is 6.10 Å². The third-order valence-corrected chi connectivity index (χ3v) is 12.6. The zero-order valence-corrected chi connectivity index (χ0v) is 46.1. The van der Waals surface area contributed by atoms with Gasteiger partial charge in [0.1, 0.15) is 0 Å². The van der Waals surface area contributed by atoms with Crippen LogP contribution in [0.1, 0.15) is 51.9 Å². The van der Waals surface area contributed by atoms with Gasteiger partial charge in [0, 0.05) is 216 Å². The topological polar surface area (TPSA) is 261 Å². The van der Waals surface area contributed by atoms with Gasteiger partial charge in [0.05, 0.1) is 6.10 Å². The number of unbranched alkanes of at least 4 members (excludes halogenated alkanes) is 1. The summed E-state index contributed by atoms with van der Waals surface area (Å²) in [5.74, 6) is 0. The normalized spacial score (nSPS) is 12.9. The van der Waals surface area contributed by atoms with E-state index in [1.807, 2.05) is 14.1 Å². The molecule has 0 heterocycles. The van der Waals surface area contributed by atoms with E-state index in [9.17, 15) is 5.11 Å². The van der Waals surface area contributed by atoms with Crippen molar-refractivity contribution in [3.8, 4) is 0 Å². The molecule has 0 fully saturated rings. The van der Waals surface area contributed by atoms with Crippen LogP contribution in [0.15, 0.2) is 11.6 Å². The Balaban J connectivity index is 5.22. The predicted octanol–water partition coefficient (Wildman–Crippen LogP) is -3.85. The highest BCUT2D eigenvalue weighted by Crippen LogP contribution is 2.10. The lowest BCUT2D eigenvalue weighted by atomic mass is 10.1. The molecule has 20 nitrogen and oxygen atoms in total. The highest BCUT2D eigenvalue weighted by atomic mass is 16.3. The van der Waals surface area contributed by atoms with Gasteiger partial charge in [-0.3, -0.25) is 19.6 Å². The summed E-state index contributed by atoms with van der Waals surface area (Å²) in [6.07, 6.45) is 9.75. The fourth-order valence-electron chi connectivity index (χ4n) is 8.13. The average molecular weight is 1000 g/mol. The van der Waals surface area contributed by atoms with Crippen LogP contribution in [0.3, 0.4) is 0 Å². The molecule has 0 radical (unpaired) electrons. The number of rotatable bonds is 59. The minimum atomic E-state index is -0.242. The minimum Gasteiger partial charge on any atom is -0.392 e. The van der Waals surface area contributed by atoms with Gasteiger partial charge < -0.3 is 86.1 Å². The van der Waals surface area contributed by atoms with Gasteiger partial charge in [-0.25, -0.2) is 0 Å². The van der Waals surface area contributed by atoms with E-state index < -0.39 is 0 Å². The third kappa shape index (κ3) is 47.9. The standard InChI is InChI=1S/C50H119N19O/c1-5-6-11-50(70)48-64-24-38-65(4)37-23-60-29-43-69(46-31-62-28-41-67(36-16-54)40-26-59-22-21-56-3)47-33-63-32-45-68(44-30-61-27-39-66(34-14-52)35-15-53)42-25-58-19-12-49(9-7-17-55-2)10-8-18-57-20-13-51/h10,50,55-64,70H,5-9,11-48,51-54H2,1-4H3. The van der Waals surface area contributed by atoms with Crippen molar-refractivity contribution < 1.29 is 5.11 Å². The molecule has 0 saturated carbocycles. The summed E-state index contributed by atoms with van der Waals surface area (Å²) in [5.41, 5.74) is 24.9. The predicted molar refractivity (Wildman–Crippen MR) is 302 cm³/mol. The van der Waals surface area contributed by atoms with Crippen LogP contribution in [-0.4, -0.2) is 292 Å². The van der Waals surface area contributed by atoms with Crippen molar-refractivity contribution in [3.05, 3.63) is 11.6 Å². The largest absolute Gasteiger partial charge is 0.392 e. The monoisotopic (exact) mass is 1000 g/mol. The molecule has 20 heteroatoms. The first-order valence-corrected chi connectivity index (χ1v) is 28.1. The van der Waals surface area contributed by atoms with E-state index in [0.717, 1.165) is 241 Å². The first-order valence-electron chi connectivity index (χ1n) is 28.1. The molecule has 0 bridgehead atoms. The second-order valence-corrected chi connectivity index (χ2v) is 18.8. The van der Waals surface area contributed by atoms with E-state index in [1.165, 1.54) is 6.42 Å². The van der Waals surface area contributed by atoms with Gasteiger partial charge in [-0.1, -0.05) is 31.4 Å². The van der Waals surface area contributed by atoms with Crippen molar-refractivity contribution in [3.63, 3.8) is 0 Å². The van der Waals surface area contributed by atoms with Crippen LogP contribution in [0.4, 0.5) is 0 Å². The molecular formula is C50H119N19O. The summed E-state index contributed by atoms with van der Waals surface area (Å²) in [6, 6.07) is 0. The SMILES string of the molecule is CCCCC(O)CNCCN(C)CCNCCN(CCNCCN(CCN)CCNCCNC)CCNCCN(CCNCCC(=CCCNCCN)CCCNC)CCNCCN(CCN)CCN. The molecule has 0 aliphatic heterocycles. The molecule has 19 N–H and O–H groups in total. The molecule has 0 saturated heterocycles. The summed E-state index contributed by atoms with van der Waals surface area (Å²) in [6.45, 7) is 35.6. The van der Waals surface area contributed by atoms with Gasteiger partial charge in [0.2, 0.25) is 0 Å². The summed E-state index contributed by atoms with van der Waals surface area (Å²) in [7, 11) is 6.20. The highest BCUT2D eigenvalue weighted by molar-refractivity contribution is 5.03. The Hall–Kier alpha value is -1.06. The summed E-state index contributed by atoms with van der Waals surface area (Å²) in [4.78, 5) is 12.4. The van der Waals surface area contributed by atoms with Gasteiger partial charge in [-0.2, -0.15) is 0 Å². The van der Waals surface area contributed by atoms with Gasteiger partial charge in [0.15, 0.2) is 0 Å². The molecule has 0 aromatic heterocycles. The number of hydrogen-bond donors (Lipinski definition) is 15. The maximum atomic E-state index is 10.1. The van der Waals surface area contributed by atoms with Gasteiger partial charge in [-0.15, -0.1) is 0 Å².